The maximum Gasteiger partial charge on any atom is 0.271 e. The van der Waals surface area contributed by atoms with Crippen LogP contribution < -0.4 is 10.1 Å². The minimum Gasteiger partial charge on any atom is -0.497 e. The molecular formula is C26H37N3O4. The standard InChI is InChI=1S/C26H37N3O4/c1-4-33-15-9-14-29-24(30)23-16-19-12-13-21(32-3)17-22(19)28(23)18-26(29,2)25(31)27-20-10-7-5-6-8-11-20/h12-13,16-17,20H,4-11,14-15,18H2,1-3H3,(H,27,31)/t26-/m1/s1. The topological polar surface area (TPSA) is 72.8 Å². The van der Waals surface area contributed by atoms with E-state index in [2.05, 4.69) is 5.32 Å². The highest BCUT2D eigenvalue weighted by Crippen LogP contribution is 2.34. The number of aromatic nitrogens is 1. The summed E-state index contributed by atoms with van der Waals surface area (Å²) in [4.78, 5) is 29.3. The molecule has 1 aromatic carbocycles. The Balaban J connectivity index is 1.67. The molecule has 7 heteroatoms. The second-order valence-corrected chi connectivity index (χ2v) is 9.48. The first-order valence-corrected chi connectivity index (χ1v) is 12.4. The summed E-state index contributed by atoms with van der Waals surface area (Å²) in [7, 11) is 1.64. The van der Waals surface area contributed by atoms with Crippen LogP contribution in [0.5, 0.6) is 5.75 Å². The van der Waals surface area contributed by atoms with E-state index in [0.29, 0.717) is 38.4 Å². The summed E-state index contributed by atoms with van der Waals surface area (Å²) >= 11 is 0. The monoisotopic (exact) mass is 455 g/mol. The number of benzene rings is 1. The maximum absolute atomic E-state index is 13.8. The molecule has 2 heterocycles. The fraction of sp³-hybridized carbons (Fsp3) is 0.615. The number of nitrogens with one attached hydrogen (secondary N) is 1. The van der Waals surface area contributed by atoms with Crippen LogP contribution in [0.2, 0.25) is 0 Å². The minimum absolute atomic E-state index is 0.0606. The molecule has 2 amide bonds. The molecule has 0 radical (unpaired) electrons. The van der Waals surface area contributed by atoms with Crippen LogP contribution in [0.1, 0.15) is 69.3 Å². The van der Waals surface area contributed by atoms with Crippen LogP contribution in [0.4, 0.5) is 0 Å². The first-order valence-electron chi connectivity index (χ1n) is 12.4. The van der Waals surface area contributed by atoms with Gasteiger partial charge in [-0.25, -0.2) is 0 Å². The predicted molar refractivity (Wildman–Crippen MR) is 129 cm³/mol. The van der Waals surface area contributed by atoms with Crippen molar-refractivity contribution in [3.05, 3.63) is 30.0 Å². The van der Waals surface area contributed by atoms with Crippen molar-refractivity contribution in [2.45, 2.75) is 76.9 Å². The number of hydrogen-bond acceptors (Lipinski definition) is 4. The van der Waals surface area contributed by atoms with Gasteiger partial charge < -0.3 is 24.3 Å². The van der Waals surface area contributed by atoms with E-state index in [-0.39, 0.29) is 17.9 Å². The lowest BCUT2D eigenvalue weighted by molar-refractivity contribution is -0.133. The third-order valence-electron chi connectivity index (χ3n) is 7.19. The van der Waals surface area contributed by atoms with Gasteiger partial charge in [-0.1, -0.05) is 25.7 Å². The molecule has 180 valence electrons. The quantitative estimate of drug-likeness (QED) is 0.480. The zero-order valence-electron chi connectivity index (χ0n) is 20.2. The average molecular weight is 456 g/mol. The van der Waals surface area contributed by atoms with Crippen molar-refractivity contribution in [2.75, 3.05) is 26.9 Å². The first kappa shape index (κ1) is 23.6. The van der Waals surface area contributed by atoms with Gasteiger partial charge in [0.15, 0.2) is 0 Å². The predicted octanol–water partition coefficient (Wildman–Crippen LogP) is 4.13. The number of hydrogen-bond donors (Lipinski definition) is 1. The Morgan fingerprint density at radius 2 is 1.94 bits per heavy atom. The third kappa shape index (κ3) is 4.74. The Kier molecular flexibility index (Phi) is 7.27. The van der Waals surface area contributed by atoms with E-state index in [1.165, 1.54) is 12.8 Å². The van der Waals surface area contributed by atoms with E-state index in [9.17, 15) is 9.59 Å². The largest absolute Gasteiger partial charge is 0.497 e. The molecule has 1 N–H and O–H groups in total. The molecular weight excluding hydrogens is 418 g/mol. The zero-order valence-corrected chi connectivity index (χ0v) is 20.2. The Morgan fingerprint density at radius 3 is 2.64 bits per heavy atom. The highest BCUT2D eigenvalue weighted by atomic mass is 16.5. The van der Waals surface area contributed by atoms with Crippen LogP contribution in [0, 0.1) is 0 Å². The molecule has 33 heavy (non-hydrogen) atoms. The molecule has 0 bridgehead atoms. The Labute approximate surface area is 196 Å². The SMILES string of the molecule is CCOCCCN1C(=O)c2cc3ccc(OC)cc3n2C[C@]1(C)C(=O)NC1CCCCCC1. The van der Waals surface area contributed by atoms with Crippen LogP contribution >= 0.6 is 0 Å². The highest BCUT2D eigenvalue weighted by Gasteiger charge is 2.47. The minimum atomic E-state index is -0.975. The highest BCUT2D eigenvalue weighted by molar-refractivity contribution is 6.03. The van der Waals surface area contributed by atoms with Crippen LogP contribution in [0.15, 0.2) is 24.3 Å². The Hall–Kier alpha value is -2.54. The lowest BCUT2D eigenvalue weighted by Gasteiger charge is -2.44. The van der Waals surface area contributed by atoms with Crippen LogP contribution in [-0.2, 0) is 16.1 Å². The number of nitrogens with zero attached hydrogens (tertiary/aromatic N) is 2. The number of amides is 2. The summed E-state index contributed by atoms with van der Waals surface area (Å²) in [6.07, 6.45) is 7.46. The van der Waals surface area contributed by atoms with E-state index in [0.717, 1.165) is 42.3 Å². The van der Waals surface area contributed by atoms with Crippen LogP contribution in [0.3, 0.4) is 0 Å². The lowest BCUT2D eigenvalue weighted by Crippen LogP contribution is -2.65. The maximum atomic E-state index is 13.8. The van der Waals surface area contributed by atoms with Crippen molar-refractivity contribution in [3.63, 3.8) is 0 Å². The van der Waals surface area contributed by atoms with E-state index >= 15 is 0 Å². The van der Waals surface area contributed by atoms with E-state index in [4.69, 9.17) is 9.47 Å². The molecule has 0 saturated heterocycles. The fourth-order valence-corrected chi connectivity index (χ4v) is 5.24. The van der Waals surface area contributed by atoms with Gasteiger partial charge in [-0.3, -0.25) is 9.59 Å². The van der Waals surface area contributed by atoms with Gasteiger partial charge in [0.2, 0.25) is 5.91 Å². The summed E-state index contributed by atoms with van der Waals surface area (Å²) in [6, 6.07) is 7.92. The van der Waals surface area contributed by atoms with Gasteiger partial charge in [0.1, 0.15) is 17.0 Å². The average Bonchev–Trinajstić information content (AvgIpc) is 2.98. The molecule has 7 nitrogen and oxygen atoms in total. The van der Waals surface area contributed by atoms with Crippen molar-refractivity contribution in [2.24, 2.45) is 0 Å². The first-order chi connectivity index (χ1) is 16.0. The van der Waals surface area contributed by atoms with Crippen LogP contribution in [0.25, 0.3) is 10.9 Å². The molecule has 2 aliphatic rings. The molecule has 1 saturated carbocycles. The van der Waals surface area contributed by atoms with Crippen molar-refractivity contribution >= 4 is 22.7 Å². The summed E-state index contributed by atoms with van der Waals surface area (Å²) in [5, 5.41) is 4.29. The van der Waals surface area contributed by atoms with Gasteiger partial charge in [0.05, 0.1) is 19.2 Å². The normalized spacial score (nSPS) is 21.7. The van der Waals surface area contributed by atoms with Gasteiger partial charge in [-0.15, -0.1) is 0 Å². The molecule has 0 spiro atoms. The van der Waals surface area contributed by atoms with Gasteiger partial charge >= 0.3 is 0 Å². The molecule has 2 aromatic rings. The molecule has 0 unspecified atom stereocenters. The fourth-order valence-electron chi connectivity index (χ4n) is 5.24. The van der Waals surface area contributed by atoms with E-state index in [1.54, 1.807) is 12.0 Å². The molecule has 1 aromatic heterocycles. The van der Waals surface area contributed by atoms with Crippen molar-refractivity contribution in [3.8, 4) is 5.75 Å². The second kappa shape index (κ2) is 10.2. The molecule has 1 aliphatic carbocycles. The number of ether oxygens (including phenoxy) is 2. The summed E-state index contributed by atoms with van der Waals surface area (Å²) in [5.74, 6) is 0.570. The Morgan fingerprint density at radius 1 is 1.18 bits per heavy atom. The summed E-state index contributed by atoms with van der Waals surface area (Å²) in [5.41, 5.74) is 0.562. The number of fused-ring (bicyclic) bond motifs is 3. The molecule has 1 aliphatic heterocycles. The lowest BCUT2D eigenvalue weighted by atomic mass is 9.93. The molecule has 1 atom stereocenters. The van der Waals surface area contributed by atoms with Gasteiger partial charge in [0, 0.05) is 37.3 Å². The van der Waals surface area contributed by atoms with Crippen molar-refractivity contribution in [1.29, 1.82) is 0 Å². The molecule has 1 fully saturated rings. The molecule has 4 rings (SSSR count). The number of rotatable bonds is 8. The smallest absolute Gasteiger partial charge is 0.271 e. The summed E-state index contributed by atoms with van der Waals surface area (Å²) < 4.78 is 12.9. The summed E-state index contributed by atoms with van der Waals surface area (Å²) in [6.45, 7) is 5.98. The second-order valence-electron chi connectivity index (χ2n) is 9.48. The number of carbonyl (C=O) groups excluding carboxylic acids is 2. The Bertz CT molecular complexity index is 993. The third-order valence-corrected chi connectivity index (χ3v) is 7.19. The van der Waals surface area contributed by atoms with Crippen molar-refractivity contribution in [1.82, 2.24) is 14.8 Å². The number of carbonyl (C=O) groups is 2. The zero-order chi connectivity index (χ0) is 23.4. The van der Waals surface area contributed by atoms with Gasteiger partial charge in [-0.2, -0.15) is 0 Å². The van der Waals surface area contributed by atoms with Crippen molar-refractivity contribution < 1.29 is 19.1 Å². The van der Waals surface area contributed by atoms with Gasteiger partial charge in [-0.05, 0) is 51.3 Å². The van der Waals surface area contributed by atoms with E-state index in [1.807, 2.05) is 42.7 Å². The number of methoxy groups -OCH3 is 1. The van der Waals surface area contributed by atoms with Gasteiger partial charge in [0.25, 0.3) is 5.91 Å². The van der Waals surface area contributed by atoms with E-state index < -0.39 is 5.54 Å². The van der Waals surface area contributed by atoms with Crippen LogP contribution in [-0.4, -0.2) is 59.7 Å².